The zero-order chi connectivity index (χ0) is 17.4. The number of anilines is 2. The lowest BCUT2D eigenvalue weighted by atomic mass is 9.98. The summed E-state index contributed by atoms with van der Waals surface area (Å²) in [5.74, 6) is 0.894. The average Bonchev–Trinajstić information content (AvgIpc) is 2.61. The molecule has 1 aliphatic rings. The molecular formula is C20H20N4O. The van der Waals surface area contributed by atoms with Crippen LogP contribution in [-0.2, 0) is 11.2 Å². The number of nitrogens with zero attached hydrogens (tertiary/aromatic N) is 2. The van der Waals surface area contributed by atoms with Crippen molar-refractivity contribution in [2.75, 3.05) is 10.6 Å². The number of hydrogen-bond donors (Lipinski definition) is 2. The molecule has 1 amide bonds. The molecule has 0 radical (unpaired) electrons. The molecule has 0 spiro atoms. The first kappa shape index (κ1) is 15.6. The Kier molecular flexibility index (Phi) is 3.84. The van der Waals surface area contributed by atoms with Crippen molar-refractivity contribution < 1.29 is 4.79 Å². The van der Waals surface area contributed by atoms with Crippen LogP contribution in [-0.4, -0.2) is 15.9 Å². The lowest BCUT2D eigenvalue weighted by Gasteiger charge is -2.21. The summed E-state index contributed by atoms with van der Waals surface area (Å²) in [5.41, 5.74) is 5.96. The van der Waals surface area contributed by atoms with Crippen LogP contribution in [0.4, 0.5) is 11.5 Å². The van der Waals surface area contributed by atoms with E-state index in [-0.39, 0.29) is 11.9 Å². The Bertz CT molecular complexity index is 967. The van der Waals surface area contributed by atoms with Gasteiger partial charge in [-0.1, -0.05) is 24.3 Å². The van der Waals surface area contributed by atoms with Crippen LogP contribution in [0.25, 0.3) is 11.0 Å². The highest BCUT2D eigenvalue weighted by molar-refractivity contribution is 5.93. The Balaban J connectivity index is 1.61. The second-order valence-electron chi connectivity index (χ2n) is 6.48. The predicted octanol–water partition coefficient (Wildman–Crippen LogP) is 4.00. The van der Waals surface area contributed by atoms with Gasteiger partial charge < -0.3 is 10.6 Å². The van der Waals surface area contributed by atoms with Gasteiger partial charge in [-0.2, -0.15) is 0 Å². The average molecular weight is 332 g/mol. The number of para-hydroxylation sites is 2. The van der Waals surface area contributed by atoms with Crippen LogP contribution in [0.3, 0.4) is 0 Å². The van der Waals surface area contributed by atoms with Gasteiger partial charge in [0.05, 0.1) is 22.8 Å². The van der Waals surface area contributed by atoms with Crippen molar-refractivity contribution in [2.24, 2.45) is 0 Å². The first-order chi connectivity index (χ1) is 12.1. The van der Waals surface area contributed by atoms with E-state index in [1.54, 1.807) is 0 Å². The number of aromatic nitrogens is 2. The van der Waals surface area contributed by atoms with Crippen LogP contribution in [0, 0.1) is 6.92 Å². The quantitative estimate of drug-likeness (QED) is 0.761. The molecule has 0 saturated carbocycles. The number of carbonyl (C=O) groups is 1. The van der Waals surface area contributed by atoms with Crippen LogP contribution in [0.1, 0.15) is 36.2 Å². The van der Waals surface area contributed by atoms with Gasteiger partial charge in [0.15, 0.2) is 0 Å². The third-order valence-corrected chi connectivity index (χ3v) is 4.62. The molecule has 5 nitrogen and oxygen atoms in total. The molecule has 0 aliphatic carbocycles. The van der Waals surface area contributed by atoms with Gasteiger partial charge in [0.25, 0.3) is 0 Å². The SMILES string of the molecule is Cc1nc2ccccc2nc1N[C@H](C)c1ccc2c(c1)CCC(=O)N2. The van der Waals surface area contributed by atoms with E-state index in [1.165, 1.54) is 11.1 Å². The smallest absolute Gasteiger partial charge is 0.224 e. The van der Waals surface area contributed by atoms with Gasteiger partial charge in [0.1, 0.15) is 5.82 Å². The predicted molar refractivity (Wildman–Crippen MR) is 99.7 cm³/mol. The molecule has 5 heteroatoms. The number of carbonyl (C=O) groups excluding carboxylic acids is 1. The molecule has 3 aromatic rings. The fourth-order valence-corrected chi connectivity index (χ4v) is 3.19. The maximum atomic E-state index is 11.5. The minimum Gasteiger partial charge on any atom is -0.362 e. The summed E-state index contributed by atoms with van der Waals surface area (Å²) in [5, 5.41) is 6.40. The number of nitrogens with one attached hydrogen (secondary N) is 2. The largest absolute Gasteiger partial charge is 0.362 e. The third-order valence-electron chi connectivity index (χ3n) is 4.62. The summed E-state index contributed by atoms with van der Waals surface area (Å²) in [6, 6.07) is 14.2. The second-order valence-corrected chi connectivity index (χ2v) is 6.48. The fraction of sp³-hybridized carbons (Fsp3) is 0.250. The van der Waals surface area contributed by atoms with E-state index in [9.17, 15) is 4.79 Å². The molecule has 2 aromatic carbocycles. The first-order valence-electron chi connectivity index (χ1n) is 8.53. The van der Waals surface area contributed by atoms with Crippen molar-refractivity contribution in [3.8, 4) is 0 Å². The Hall–Kier alpha value is -2.95. The number of hydrogen-bond acceptors (Lipinski definition) is 4. The highest BCUT2D eigenvalue weighted by atomic mass is 16.1. The van der Waals surface area contributed by atoms with Gasteiger partial charge in [0.2, 0.25) is 5.91 Å². The Morgan fingerprint density at radius 1 is 1.08 bits per heavy atom. The lowest BCUT2D eigenvalue weighted by molar-refractivity contribution is -0.116. The van der Waals surface area contributed by atoms with E-state index in [1.807, 2.05) is 43.3 Å². The number of aryl methyl sites for hydroxylation is 2. The molecule has 0 fully saturated rings. The summed E-state index contributed by atoms with van der Waals surface area (Å²) in [6.45, 7) is 4.08. The van der Waals surface area contributed by atoms with Gasteiger partial charge in [-0.3, -0.25) is 4.79 Å². The van der Waals surface area contributed by atoms with E-state index in [4.69, 9.17) is 4.98 Å². The summed E-state index contributed by atoms with van der Waals surface area (Å²) in [7, 11) is 0. The molecule has 126 valence electrons. The highest BCUT2D eigenvalue weighted by Crippen LogP contribution is 2.28. The first-order valence-corrected chi connectivity index (χ1v) is 8.53. The van der Waals surface area contributed by atoms with Crippen molar-refractivity contribution in [3.05, 3.63) is 59.3 Å². The van der Waals surface area contributed by atoms with Crippen LogP contribution >= 0.6 is 0 Å². The van der Waals surface area contributed by atoms with Gasteiger partial charge in [-0.25, -0.2) is 9.97 Å². The van der Waals surface area contributed by atoms with Crippen molar-refractivity contribution in [2.45, 2.75) is 32.7 Å². The van der Waals surface area contributed by atoms with Gasteiger partial charge >= 0.3 is 0 Å². The Labute approximate surface area is 146 Å². The number of amides is 1. The Morgan fingerprint density at radius 2 is 1.84 bits per heavy atom. The zero-order valence-electron chi connectivity index (χ0n) is 14.3. The summed E-state index contributed by atoms with van der Waals surface area (Å²) in [4.78, 5) is 20.8. The van der Waals surface area contributed by atoms with Crippen LogP contribution in [0.15, 0.2) is 42.5 Å². The number of fused-ring (bicyclic) bond motifs is 2. The van der Waals surface area contributed by atoms with Crippen molar-refractivity contribution >= 4 is 28.4 Å². The van der Waals surface area contributed by atoms with Gasteiger partial charge in [0, 0.05) is 12.1 Å². The minimum atomic E-state index is 0.0912. The van der Waals surface area contributed by atoms with Crippen molar-refractivity contribution in [1.29, 1.82) is 0 Å². The normalized spacial score (nSPS) is 14.7. The molecular weight excluding hydrogens is 312 g/mol. The standard InChI is InChI=1S/C20H20N4O/c1-12(14-7-9-16-15(11-14)8-10-19(25)23-16)22-20-13(2)21-17-5-3-4-6-18(17)24-20/h3-7,9,11-12H,8,10H2,1-2H3,(H,22,24)(H,23,25)/t12-/m1/s1. The van der Waals surface area contributed by atoms with E-state index < -0.39 is 0 Å². The number of benzene rings is 2. The van der Waals surface area contributed by atoms with Crippen LogP contribution in [0.2, 0.25) is 0 Å². The number of rotatable bonds is 3. The van der Waals surface area contributed by atoms with Gasteiger partial charge in [-0.05, 0) is 49.6 Å². The minimum absolute atomic E-state index is 0.0912. The second kappa shape index (κ2) is 6.16. The highest BCUT2D eigenvalue weighted by Gasteiger charge is 2.17. The van der Waals surface area contributed by atoms with Crippen molar-refractivity contribution in [1.82, 2.24) is 9.97 Å². The maximum Gasteiger partial charge on any atom is 0.224 e. The van der Waals surface area contributed by atoms with E-state index in [2.05, 4.69) is 28.6 Å². The summed E-state index contributed by atoms with van der Waals surface area (Å²) < 4.78 is 0. The topological polar surface area (TPSA) is 66.9 Å². The molecule has 2 N–H and O–H groups in total. The fourth-order valence-electron chi connectivity index (χ4n) is 3.19. The molecule has 4 rings (SSSR count). The van der Waals surface area contributed by atoms with Crippen LogP contribution < -0.4 is 10.6 Å². The lowest BCUT2D eigenvalue weighted by Crippen LogP contribution is -2.19. The van der Waals surface area contributed by atoms with Gasteiger partial charge in [-0.15, -0.1) is 0 Å². The molecule has 0 saturated heterocycles. The monoisotopic (exact) mass is 332 g/mol. The molecule has 0 bridgehead atoms. The van der Waals surface area contributed by atoms with E-state index in [0.717, 1.165) is 34.7 Å². The van der Waals surface area contributed by atoms with E-state index >= 15 is 0 Å². The molecule has 0 unspecified atom stereocenters. The maximum absolute atomic E-state index is 11.5. The molecule has 1 atom stereocenters. The molecule has 1 aliphatic heterocycles. The zero-order valence-corrected chi connectivity index (χ0v) is 14.3. The summed E-state index contributed by atoms with van der Waals surface area (Å²) >= 11 is 0. The summed E-state index contributed by atoms with van der Waals surface area (Å²) in [6.07, 6.45) is 1.34. The molecule has 25 heavy (non-hydrogen) atoms. The third kappa shape index (κ3) is 3.05. The van der Waals surface area contributed by atoms with Crippen LogP contribution in [0.5, 0.6) is 0 Å². The molecule has 1 aromatic heterocycles. The van der Waals surface area contributed by atoms with Crippen molar-refractivity contribution in [3.63, 3.8) is 0 Å². The van der Waals surface area contributed by atoms with E-state index in [0.29, 0.717) is 6.42 Å². The Morgan fingerprint density at radius 3 is 2.64 bits per heavy atom. The molecule has 2 heterocycles.